The van der Waals surface area contributed by atoms with Crippen molar-refractivity contribution in [1.82, 2.24) is 0 Å². The van der Waals surface area contributed by atoms with Crippen LogP contribution >= 0.6 is 46.3 Å². The average Bonchev–Trinajstić information content (AvgIpc) is 3.03. The number of carbonyl (C=O) groups excluding carboxylic acids is 1. The first-order valence-electron chi connectivity index (χ1n) is 7.11. The van der Waals surface area contributed by atoms with Crippen molar-refractivity contribution in [2.24, 2.45) is 10.7 Å². The largest absolute Gasteiger partial charge is 0.462 e. The number of ether oxygens (including phenoxy) is 1. The summed E-state index contributed by atoms with van der Waals surface area (Å²) in [6.07, 6.45) is 0. The summed E-state index contributed by atoms with van der Waals surface area (Å²) in [5.74, 6) is 0.267. The monoisotopic (exact) mass is 402 g/mol. The van der Waals surface area contributed by atoms with E-state index in [-0.39, 0.29) is 5.97 Å². The maximum Gasteiger partial charge on any atom is 0.348 e. The first-order chi connectivity index (χ1) is 11.5. The molecule has 24 heavy (non-hydrogen) atoms. The molecule has 2 N–H and O–H groups in total. The summed E-state index contributed by atoms with van der Waals surface area (Å²) in [7, 11) is 0. The lowest BCUT2D eigenvalue weighted by molar-refractivity contribution is 0.0531. The van der Waals surface area contributed by atoms with Gasteiger partial charge in [-0.15, -0.1) is 11.3 Å². The van der Waals surface area contributed by atoms with Gasteiger partial charge in [-0.25, -0.2) is 4.79 Å². The minimum atomic E-state index is -0.297. The van der Waals surface area contributed by atoms with Crippen LogP contribution in [-0.4, -0.2) is 17.7 Å². The van der Waals surface area contributed by atoms with Crippen molar-refractivity contribution >= 4 is 57.4 Å². The molecule has 0 aliphatic carbocycles. The third-order valence-corrected chi connectivity index (χ3v) is 5.54. The van der Waals surface area contributed by atoms with Crippen molar-refractivity contribution in [2.45, 2.75) is 19.2 Å². The Bertz CT molecular complexity index is 747. The number of benzene rings is 1. The van der Waals surface area contributed by atoms with Crippen LogP contribution in [0.2, 0.25) is 10.0 Å². The van der Waals surface area contributed by atoms with Gasteiger partial charge in [-0.2, -0.15) is 0 Å². The fourth-order valence-corrected chi connectivity index (χ4v) is 3.76. The molecule has 0 saturated carbocycles. The number of hydrogen-bond acceptors (Lipinski definition) is 5. The van der Waals surface area contributed by atoms with Crippen LogP contribution in [0.3, 0.4) is 0 Å². The number of rotatable bonds is 6. The Kier molecular flexibility index (Phi) is 7.42. The first kappa shape index (κ1) is 19.1. The minimum absolute atomic E-state index is 0.297. The normalized spacial score (nSPS) is 11.5. The number of aliphatic imine (C=N–C) groups is 1. The molecular weight excluding hydrogens is 387 g/mol. The molecule has 0 fully saturated rings. The fraction of sp³-hybridized carbons (Fsp3) is 0.250. The number of hydrogen-bond donors (Lipinski definition) is 1. The van der Waals surface area contributed by atoms with Crippen molar-refractivity contribution in [3.63, 3.8) is 0 Å². The molecule has 128 valence electrons. The topological polar surface area (TPSA) is 64.7 Å². The number of halogens is 2. The number of nitrogens with two attached hydrogens (primary N) is 1. The third-order valence-electron chi connectivity index (χ3n) is 2.98. The molecule has 0 radical (unpaired) electrons. The second-order valence-electron chi connectivity index (χ2n) is 4.69. The van der Waals surface area contributed by atoms with Crippen LogP contribution in [0.1, 0.15) is 27.7 Å². The van der Waals surface area contributed by atoms with Crippen LogP contribution < -0.4 is 5.73 Å². The minimum Gasteiger partial charge on any atom is -0.462 e. The van der Waals surface area contributed by atoms with Gasteiger partial charge in [-0.3, -0.25) is 4.99 Å². The number of nitrogens with zero attached hydrogens (tertiary/aromatic N) is 1. The van der Waals surface area contributed by atoms with Gasteiger partial charge in [-0.05, 0) is 41.6 Å². The van der Waals surface area contributed by atoms with Crippen LogP contribution in [0.15, 0.2) is 34.6 Å². The van der Waals surface area contributed by atoms with Crippen LogP contribution in [0.25, 0.3) is 0 Å². The molecule has 0 spiro atoms. The molecule has 0 bridgehead atoms. The SMILES string of the molecule is CCOC(=O)c1sccc1CSC(N)=NCc1ccc(Cl)c(Cl)c1. The Morgan fingerprint density at radius 3 is 2.83 bits per heavy atom. The van der Waals surface area contributed by atoms with Crippen LogP contribution in [0, 0.1) is 0 Å². The zero-order valence-corrected chi connectivity index (χ0v) is 16.1. The zero-order chi connectivity index (χ0) is 17.5. The van der Waals surface area contributed by atoms with E-state index in [0.29, 0.717) is 39.0 Å². The number of esters is 1. The quantitative estimate of drug-likeness (QED) is 0.420. The van der Waals surface area contributed by atoms with E-state index >= 15 is 0 Å². The molecule has 4 nitrogen and oxygen atoms in total. The lowest BCUT2D eigenvalue weighted by atomic mass is 10.2. The Hall–Kier alpha value is -1.21. The van der Waals surface area contributed by atoms with Crippen LogP contribution in [0.5, 0.6) is 0 Å². The van der Waals surface area contributed by atoms with Crippen LogP contribution in [-0.2, 0) is 17.0 Å². The van der Waals surface area contributed by atoms with E-state index in [0.717, 1.165) is 11.1 Å². The zero-order valence-electron chi connectivity index (χ0n) is 12.9. The molecule has 0 saturated heterocycles. The van der Waals surface area contributed by atoms with Gasteiger partial charge in [0.05, 0.1) is 23.2 Å². The summed E-state index contributed by atoms with van der Waals surface area (Å²) in [5, 5.41) is 3.32. The van der Waals surface area contributed by atoms with E-state index in [1.165, 1.54) is 23.1 Å². The number of carbonyl (C=O) groups is 1. The molecule has 1 aromatic carbocycles. The predicted octanol–water partition coefficient (Wildman–Crippen LogP) is 4.98. The highest BCUT2D eigenvalue weighted by Gasteiger charge is 2.14. The summed E-state index contributed by atoms with van der Waals surface area (Å²) in [6.45, 7) is 2.56. The molecule has 0 amide bonds. The fourth-order valence-electron chi connectivity index (χ4n) is 1.83. The van der Waals surface area contributed by atoms with Gasteiger partial charge in [0.1, 0.15) is 4.88 Å². The van der Waals surface area contributed by atoms with Gasteiger partial charge in [0, 0.05) is 5.75 Å². The van der Waals surface area contributed by atoms with E-state index in [9.17, 15) is 4.79 Å². The van der Waals surface area contributed by atoms with Crippen molar-refractivity contribution < 1.29 is 9.53 Å². The molecule has 8 heteroatoms. The second kappa shape index (κ2) is 9.32. The molecule has 0 aliphatic heterocycles. The standard InChI is InChI=1S/C16H16Cl2N2O2S2/c1-2-22-15(21)14-11(5-6-23-14)9-24-16(19)20-8-10-3-4-12(17)13(18)7-10/h3-7H,2,8-9H2,1H3,(H2,19,20). The summed E-state index contributed by atoms with van der Waals surface area (Å²) >= 11 is 14.6. The van der Waals surface area contributed by atoms with Gasteiger partial charge >= 0.3 is 5.97 Å². The van der Waals surface area contributed by atoms with Gasteiger partial charge < -0.3 is 10.5 Å². The smallest absolute Gasteiger partial charge is 0.348 e. The van der Waals surface area contributed by atoms with Crippen LogP contribution in [0.4, 0.5) is 0 Å². The first-order valence-corrected chi connectivity index (χ1v) is 9.73. The lowest BCUT2D eigenvalue weighted by Crippen LogP contribution is -2.09. The van der Waals surface area contributed by atoms with E-state index in [2.05, 4.69) is 4.99 Å². The third kappa shape index (κ3) is 5.41. The van der Waals surface area contributed by atoms with Crippen molar-refractivity contribution in [3.05, 3.63) is 55.7 Å². The second-order valence-corrected chi connectivity index (χ2v) is 7.41. The maximum atomic E-state index is 11.8. The van der Waals surface area contributed by atoms with E-state index in [1.54, 1.807) is 19.1 Å². The van der Waals surface area contributed by atoms with Crippen molar-refractivity contribution in [3.8, 4) is 0 Å². The molecule has 2 rings (SSSR count). The predicted molar refractivity (Wildman–Crippen MR) is 103 cm³/mol. The average molecular weight is 403 g/mol. The summed E-state index contributed by atoms with van der Waals surface area (Å²) in [6, 6.07) is 7.25. The van der Waals surface area contributed by atoms with E-state index in [4.69, 9.17) is 33.7 Å². The highest BCUT2D eigenvalue weighted by atomic mass is 35.5. The number of amidine groups is 1. The number of thioether (sulfide) groups is 1. The molecule has 1 heterocycles. The maximum absolute atomic E-state index is 11.8. The highest BCUT2D eigenvalue weighted by molar-refractivity contribution is 8.13. The molecular formula is C16H16Cl2N2O2S2. The molecule has 0 unspecified atom stereocenters. The Morgan fingerprint density at radius 2 is 2.12 bits per heavy atom. The van der Waals surface area contributed by atoms with E-state index < -0.39 is 0 Å². The highest BCUT2D eigenvalue weighted by Crippen LogP contribution is 2.24. The van der Waals surface area contributed by atoms with Gasteiger partial charge in [0.15, 0.2) is 5.17 Å². The lowest BCUT2D eigenvalue weighted by Gasteiger charge is -2.04. The summed E-state index contributed by atoms with van der Waals surface area (Å²) < 4.78 is 5.04. The molecule has 2 aromatic rings. The molecule has 0 aliphatic rings. The van der Waals surface area contributed by atoms with Gasteiger partial charge in [0.25, 0.3) is 0 Å². The molecule has 0 atom stereocenters. The number of thiophene rings is 1. The van der Waals surface area contributed by atoms with Gasteiger partial charge in [-0.1, -0.05) is 41.0 Å². The Labute approximate surface area is 159 Å². The van der Waals surface area contributed by atoms with Crippen molar-refractivity contribution in [2.75, 3.05) is 6.61 Å². The van der Waals surface area contributed by atoms with Gasteiger partial charge in [0.2, 0.25) is 0 Å². The summed E-state index contributed by atoms with van der Waals surface area (Å²) in [4.78, 5) is 16.8. The summed E-state index contributed by atoms with van der Waals surface area (Å²) in [5.41, 5.74) is 7.76. The van der Waals surface area contributed by atoms with E-state index in [1.807, 2.05) is 17.5 Å². The Balaban J connectivity index is 1.93. The Morgan fingerprint density at radius 1 is 1.33 bits per heavy atom. The van der Waals surface area contributed by atoms with Crippen molar-refractivity contribution in [1.29, 1.82) is 0 Å². The molecule has 1 aromatic heterocycles.